The third-order valence-corrected chi connectivity index (χ3v) is 24.5. The van der Waals surface area contributed by atoms with E-state index in [0.717, 1.165) is 37.6 Å². The quantitative estimate of drug-likeness (QED) is 0.0178. The maximum absolute atomic E-state index is 15.7. The van der Waals surface area contributed by atoms with E-state index in [1.807, 2.05) is 12.1 Å². The number of aromatic nitrogens is 1. The number of benzene rings is 5. The average Bonchev–Trinajstić information content (AvgIpc) is 1.32. The number of nitrogens with two attached hydrogens (primary N) is 2. The predicted octanol–water partition coefficient (Wildman–Crippen LogP) is 0.107. The van der Waals surface area contributed by atoms with E-state index in [2.05, 4.69) is 52.8 Å². The van der Waals surface area contributed by atoms with Gasteiger partial charge in [-0.05, 0) is 95.7 Å². The second-order valence-electron chi connectivity index (χ2n) is 34.7. The number of carboxylic acids is 1. The molecule has 6 aromatic rings. The molecule has 1 unspecified atom stereocenters. The molecular formula is C93H122F3N17O21S. The number of nitrogens with zero attached hydrogens (tertiary/aromatic N) is 5. The van der Waals surface area contributed by atoms with Crippen molar-refractivity contribution in [2.45, 2.75) is 215 Å². The van der Waals surface area contributed by atoms with Crippen molar-refractivity contribution < 1.29 is 115 Å². The Hall–Kier alpha value is -13.1. The molecule has 0 saturated carbocycles. The van der Waals surface area contributed by atoms with E-state index in [1.54, 1.807) is 99.8 Å². The first kappa shape index (κ1) is 107. The minimum absolute atomic E-state index is 0.0320. The number of aliphatic carboxylic acids is 1. The lowest BCUT2D eigenvalue weighted by molar-refractivity contribution is -0.152. The van der Waals surface area contributed by atoms with Gasteiger partial charge in [0.2, 0.25) is 89.1 Å². The van der Waals surface area contributed by atoms with E-state index in [4.69, 9.17) is 11.5 Å². The number of phenols is 1. The molecule has 0 bridgehead atoms. The number of carbonyl (C=O) groups excluding carboxylic acids is 15. The maximum Gasteiger partial charge on any atom is 0.305 e. The highest BCUT2D eigenvalue weighted by Crippen LogP contribution is 2.28. The maximum atomic E-state index is 15.7. The Kier molecular flexibility index (Phi) is 40.9. The number of fused-ring (bicyclic) bond motifs is 1. The molecule has 5 aromatic carbocycles. The number of unbranched alkanes of at least 4 members (excludes halogenated alkanes) is 1. The number of carboxylic acid groups (broad SMARTS) is 1. The van der Waals surface area contributed by atoms with Crippen molar-refractivity contribution in [1.82, 2.24) is 77.3 Å². The number of β-amino-alcohol motifs (C(OH)–C–C–N with tert-alkyl or cyclic N) is 2. The first-order valence-electron chi connectivity index (χ1n) is 44.4. The smallest absolute Gasteiger partial charge is 0.305 e. The van der Waals surface area contributed by atoms with E-state index in [-0.39, 0.29) is 88.1 Å². The minimum atomic E-state index is -2.00. The van der Waals surface area contributed by atoms with Crippen molar-refractivity contribution in [2.75, 3.05) is 58.8 Å². The number of hydrogen-bond donors (Lipinski definition) is 17. The van der Waals surface area contributed by atoms with E-state index in [0.29, 0.717) is 65.4 Å². The summed E-state index contributed by atoms with van der Waals surface area (Å²) in [5, 5.41) is 77.3. The van der Waals surface area contributed by atoms with Crippen molar-refractivity contribution in [3.63, 3.8) is 0 Å². The molecule has 0 aliphatic carbocycles. The van der Waals surface area contributed by atoms with Crippen LogP contribution in [0.5, 0.6) is 5.75 Å². The van der Waals surface area contributed by atoms with Crippen LogP contribution in [0.1, 0.15) is 120 Å². The molecular weight excluding hydrogens is 1780 g/mol. The van der Waals surface area contributed by atoms with Crippen LogP contribution in [0.25, 0.3) is 10.9 Å². The summed E-state index contributed by atoms with van der Waals surface area (Å²) in [5.74, 6) is -22.9. The molecule has 8 rings (SSSR count). The summed E-state index contributed by atoms with van der Waals surface area (Å²) in [4.78, 5) is 235. The van der Waals surface area contributed by atoms with Crippen LogP contribution >= 0.6 is 11.8 Å². The number of likely N-dealkylation sites (N-methyl/N-ethyl adjacent to an activating group) is 3. The summed E-state index contributed by atoms with van der Waals surface area (Å²) in [6.45, 7) is 7.25. The second-order valence-corrected chi connectivity index (χ2v) is 35.7. The molecule has 19 N–H and O–H groups in total. The monoisotopic (exact) mass is 1900 g/mol. The van der Waals surface area contributed by atoms with Crippen molar-refractivity contribution in [2.24, 2.45) is 23.3 Å². The van der Waals surface area contributed by atoms with Gasteiger partial charge in [0, 0.05) is 109 Å². The van der Waals surface area contributed by atoms with Crippen LogP contribution in [-0.2, 0) is 109 Å². The van der Waals surface area contributed by atoms with E-state index >= 15 is 23.2 Å². The van der Waals surface area contributed by atoms with Crippen LogP contribution in [0.4, 0.5) is 13.2 Å². The Morgan fingerprint density at radius 1 is 0.585 bits per heavy atom. The van der Waals surface area contributed by atoms with Crippen LogP contribution in [0, 0.1) is 29.3 Å². The van der Waals surface area contributed by atoms with Crippen molar-refractivity contribution in [3.8, 4) is 5.75 Å². The largest absolute Gasteiger partial charge is 0.508 e. The van der Waals surface area contributed by atoms with Gasteiger partial charge in [-0.25, -0.2) is 13.2 Å². The van der Waals surface area contributed by atoms with Crippen LogP contribution < -0.4 is 59.3 Å². The summed E-state index contributed by atoms with van der Waals surface area (Å²) in [7, 11) is 3.67. The summed E-state index contributed by atoms with van der Waals surface area (Å²) in [6, 6.07) is 11.8. The van der Waals surface area contributed by atoms with Gasteiger partial charge in [-0.3, -0.25) is 81.6 Å². The van der Waals surface area contributed by atoms with Gasteiger partial charge in [-0.2, -0.15) is 0 Å². The summed E-state index contributed by atoms with van der Waals surface area (Å²) in [6.07, 6.45) is -4.50. The Morgan fingerprint density at radius 2 is 1.16 bits per heavy atom. The van der Waals surface area contributed by atoms with Gasteiger partial charge in [0.25, 0.3) is 0 Å². The number of rotatable bonds is 52. The Labute approximate surface area is 782 Å². The van der Waals surface area contributed by atoms with Crippen LogP contribution in [0.2, 0.25) is 0 Å². The lowest BCUT2D eigenvalue weighted by Gasteiger charge is -2.38. The molecule has 1 aromatic heterocycles. The predicted molar refractivity (Wildman–Crippen MR) is 489 cm³/mol. The number of H-pyrrole nitrogens is 1. The van der Waals surface area contributed by atoms with Gasteiger partial charge >= 0.3 is 5.97 Å². The number of aromatic amines is 1. The van der Waals surface area contributed by atoms with Gasteiger partial charge in [-0.1, -0.05) is 138 Å². The number of likely N-dealkylation sites (tertiary alicyclic amines) is 2. The molecule has 2 aliphatic rings. The third kappa shape index (κ3) is 31.5. The third-order valence-electron chi connectivity index (χ3n) is 23.5. The molecule has 2 aliphatic heterocycles. The van der Waals surface area contributed by atoms with Crippen LogP contribution in [0.3, 0.4) is 0 Å². The normalized spacial score (nSPS) is 16.9. The summed E-state index contributed by atoms with van der Waals surface area (Å²) < 4.78 is 45.1. The number of thioether (sulfide) groups is 1. The van der Waals surface area contributed by atoms with E-state index < -0.39 is 247 Å². The van der Waals surface area contributed by atoms with Gasteiger partial charge < -0.3 is 109 Å². The molecule has 15 amide bonds. The molecule has 135 heavy (non-hydrogen) atoms. The number of para-hydroxylation sites is 1. The second kappa shape index (κ2) is 51.4. The number of halogens is 3. The number of phenolic OH excluding ortho intramolecular Hbond substituents is 1. The van der Waals surface area contributed by atoms with Crippen LogP contribution in [0.15, 0.2) is 128 Å². The first-order valence-corrected chi connectivity index (χ1v) is 45.6. The molecule has 42 heteroatoms. The summed E-state index contributed by atoms with van der Waals surface area (Å²) >= 11 is 0.666. The van der Waals surface area contributed by atoms with E-state index in [9.17, 15) is 92.3 Å². The Morgan fingerprint density at radius 3 is 1.75 bits per heavy atom. The fourth-order valence-corrected chi connectivity index (χ4v) is 17.0. The van der Waals surface area contributed by atoms with Gasteiger partial charge in [-0.15, -0.1) is 11.8 Å². The fourth-order valence-electron chi connectivity index (χ4n) is 16.1. The number of aliphatic hydroxyl groups is 3. The zero-order chi connectivity index (χ0) is 99.2. The lowest BCUT2D eigenvalue weighted by Crippen LogP contribution is -2.61. The van der Waals surface area contributed by atoms with Crippen molar-refractivity contribution in [3.05, 3.63) is 173 Å². The minimum Gasteiger partial charge on any atom is -0.508 e. The van der Waals surface area contributed by atoms with E-state index in [1.165, 1.54) is 57.1 Å². The molecule has 38 nitrogen and oxygen atoms in total. The van der Waals surface area contributed by atoms with Crippen molar-refractivity contribution in [1.29, 1.82) is 0 Å². The number of nitrogens with one attached hydrogen (secondary N) is 10. The van der Waals surface area contributed by atoms with Crippen molar-refractivity contribution >= 4 is 118 Å². The Bertz CT molecular complexity index is 5120. The Balaban J connectivity index is 1.01. The average molecular weight is 1900 g/mol. The SMILES string of the molecule is CCCC[C@@H](C(=O)N1C[C@H](O)C[C@@H]1C(=O)N[C@@H](CC(=O)O)C(=O)N[C@H](C(=O)N(C)[C@@H](Cc1ccccc1)C(=O)N[C@@H](CCC(N)=O)C(O)N1CC[C@@H](O)C1)C(C)C)N(C)C(=O)[C@H](Cc1ccccc1)N(C)C(=O)[C@H](Cc1cc(F)c(F)c(F)c1)NC(=O)CSC[C@H](NC(=O)[C@H](CC(C)C)NC(=O)[C@H](Cc1ccc(O)cc1)NC(=O)[C@H](Cc1c[nH]c2ccccc12)NC=O)C(=O)NCC(N)=O. The highest BCUT2D eigenvalue weighted by atomic mass is 32.2. The number of carbonyl (C=O) groups is 16. The lowest BCUT2D eigenvalue weighted by atomic mass is 9.98. The summed E-state index contributed by atoms with van der Waals surface area (Å²) in [5.41, 5.74) is 13.3. The standard InChI is InChI=1S/C93H122F3N17O21S/c1-9-10-25-72(92(133)113-47-60(117)42-74(113)88(129)106-69(43-79(121)122)86(127)108-81(52(4)5)93(134)110(7)73(39-53-19-13-11-14-20-53)87(128)103-65(30-31-76(97)118)90(131)112-33-32-59(116)46-112)109(6)91(132)75(40-54-21-15-12-16-22-54)111(8)89(130)70(38-56-35-62(94)80(96)63(95)36-56)102-78(120)49-135-48-71(82(123)100-45-77(98)119)107-84(125)67(34-51(2)3)104-85(126)68(37-55-26-28-58(115)29-27-55)105-83(124)66(101-50-114)41-57-44-99-64-24-18-17-23-61(57)64/h11-24,26-29,35-36,44,50-52,59-60,65-75,81,90,99,115-117,131H,9-10,25,30-34,37-43,45-49H2,1-8H3,(H2,97,118)(H2,98,119)(H,100,123)(H,101,114)(H,102,120)(H,103,128)(H,104,126)(H,105,124)(H,106,129)(H,107,125)(H,108,127)(H,121,122)/t59-,60-,65+,66+,67+,68+,69+,70+,71+,72+,73+,74-,75+,81+,90?/m1/s1. The highest BCUT2D eigenvalue weighted by molar-refractivity contribution is 8.00. The molecule has 0 radical (unpaired) electrons. The fraction of sp³-hybridized carbons (Fsp3) is 0.484. The molecule has 0 spiro atoms. The van der Waals surface area contributed by atoms with Gasteiger partial charge in [0.05, 0.1) is 37.0 Å². The zero-order valence-electron chi connectivity index (χ0n) is 76.4. The van der Waals surface area contributed by atoms with Gasteiger partial charge in [0.15, 0.2) is 17.5 Å². The highest BCUT2D eigenvalue weighted by Gasteiger charge is 2.47. The topological polar surface area (TPSA) is 567 Å². The molecule has 732 valence electrons. The number of aliphatic hydroxyl groups excluding tert-OH is 3. The van der Waals surface area contributed by atoms with Crippen LogP contribution in [-0.4, -0.2) is 300 Å². The number of hydrogen-bond acceptors (Lipinski definition) is 22. The first-order chi connectivity index (χ1) is 64.1. The molecule has 15 atom stereocenters. The number of primary amides is 2. The molecule has 3 heterocycles. The van der Waals surface area contributed by atoms with Gasteiger partial charge in [0.1, 0.15) is 78.4 Å². The molecule has 2 fully saturated rings. The number of amides is 15. The zero-order valence-corrected chi connectivity index (χ0v) is 77.2. The molecule has 2 saturated heterocycles. The number of aromatic hydroxyl groups is 1.